The van der Waals surface area contributed by atoms with Crippen LogP contribution >= 0.6 is 23.4 Å². The van der Waals surface area contributed by atoms with E-state index in [1.54, 1.807) is 24.3 Å². The van der Waals surface area contributed by atoms with Crippen molar-refractivity contribution in [2.75, 3.05) is 16.4 Å². The Morgan fingerprint density at radius 1 is 1.00 bits per heavy atom. The fourth-order valence-electron chi connectivity index (χ4n) is 2.00. The highest BCUT2D eigenvalue weighted by Crippen LogP contribution is 2.21. The first-order chi connectivity index (χ1) is 11.6. The van der Waals surface area contributed by atoms with Crippen molar-refractivity contribution in [3.63, 3.8) is 0 Å². The van der Waals surface area contributed by atoms with Crippen LogP contribution in [0.3, 0.4) is 0 Å². The molecule has 0 radical (unpaired) electrons. The van der Waals surface area contributed by atoms with Gasteiger partial charge in [0.25, 0.3) is 0 Å². The van der Waals surface area contributed by atoms with E-state index in [1.165, 1.54) is 11.8 Å². The summed E-state index contributed by atoms with van der Waals surface area (Å²) in [5.41, 5.74) is 1.45. The minimum absolute atomic E-state index is 0.0128. The molecule has 2 aromatic rings. The number of halogens is 1. The van der Waals surface area contributed by atoms with Crippen LogP contribution in [0.15, 0.2) is 53.4 Å². The molecule has 0 aliphatic rings. The molecule has 0 bridgehead atoms. The zero-order valence-electron chi connectivity index (χ0n) is 13.3. The molecule has 0 unspecified atom stereocenters. The first kappa shape index (κ1) is 18.4. The lowest BCUT2D eigenvalue weighted by Crippen LogP contribution is -2.13. The van der Waals surface area contributed by atoms with Gasteiger partial charge in [0.05, 0.1) is 5.75 Å². The van der Waals surface area contributed by atoms with E-state index < -0.39 is 0 Å². The Morgan fingerprint density at radius 3 is 2.38 bits per heavy atom. The van der Waals surface area contributed by atoms with Crippen LogP contribution in [0.5, 0.6) is 0 Å². The molecule has 4 nitrogen and oxygen atoms in total. The van der Waals surface area contributed by atoms with Crippen LogP contribution in [-0.2, 0) is 9.59 Å². The standard InChI is InChI=1S/C18H19ClN2O2S/c1-2-4-17(22)20-14-7-9-16(10-8-14)24-12-18(23)21-15-6-3-5-13(19)11-15/h3,5-11H,2,4,12H2,1H3,(H,20,22)(H,21,23). The van der Waals surface area contributed by atoms with Gasteiger partial charge in [0.1, 0.15) is 0 Å². The number of carbonyl (C=O) groups is 2. The minimum atomic E-state index is -0.0948. The summed E-state index contributed by atoms with van der Waals surface area (Å²) >= 11 is 7.32. The van der Waals surface area contributed by atoms with Crippen LogP contribution in [0.25, 0.3) is 0 Å². The molecule has 2 amide bonds. The van der Waals surface area contributed by atoms with Crippen molar-refractivity contribution >= 4 is 46.6 Å². The van der Waals surface area contributed by atoms with Crippen LogP contribution in [0.4, 0.5) is 11.4 Å². The van der Waals surface area contributed by atoms with Crippen LogP contribution in [0.1, 0.15) is 19.8 Å². The summed E-state index contributed by atoms with van der Waals surface area (Å²) in [6, 6.07) is 14.5. The second-order valence-corrected chi connectivity index (χ2v) is 6.65. The van der Waals surface area contributed by atoms with E-state index in [-0.39, 0.29) is 11.8 Å². The van der Waals surface area contributed by atoms with Crippen LogP contribution in [0.2, 0.25) is 5.02 Å². The zero-order valence-corrected chi connectivity index (χ0v) is 14.9. The zero-order chi connectivity index (χ0) is 17.4. The summed E-state index contributed by atoms with van der Waals surface area (Å²) in [5.74, 6) is 0.218. The number of benzene rings is 2. The summed E-state index contributed by atoms with van der Waals surface area (Å²) in [6.45, 7) is 1.97. The molecule has 0 saturated heterocycles. The molecule has 6 heteroatoms. The van der Waals surface area contributed by atoms with Gasteiger partial charge in [-0.05, 0) is 48.9 Å². The van der Waals surface area contributed by atoms with Gasteiger partial charge in [0.2, 0.25) is 11.8 Å². The Bertz CT molecular complexity index is 704. The van der Waals surface area contributed by atoms with Gasteiger partial charge in [-0.15, -0.1) is 11.8 Å². The predicted molar refractivity (Wildman–Crippen MR) is 101 cm³/mol. The lowest BCUT2D eigenvalue weighted by Gasteiger charge is -2.07. The third-order valence-electron chi connectivity index (χ3n) is 3.09. The van der Waals surface area contributed by atoms with Gasteiger partial charge in [-0.1, -0.05) is 24.6 Å². The first-order valence-electron chi connectivity index (χ1n) is 7.65. The molecule has 24 heavy (non-hydrogen) atoms. The average Bonchev–Trinajstić information content (AvgIpc) is 2.54. The highest BCUT2D eigenvalue weighted by atomic mass is 35.5. The Labute approximate surface area is 151 Å². The Hall–Kier alpha value is -1.98. The molecule has 0 aliphatic carbocycles. The highest BCUT2D eigenvalue weighted by Gasteiger charge is 2.05. The van der Waals surface area contributed by atoms with E-state index in [9.17, 15) is 9.59 Å². The first-order valence-corrected chi connectivity index (χ1v) is 9.01. The van der Waals surface area contributed by atoms with E-state index >= 15 is 0 Å². The van der Waals surface area contributed by atoms with Crippen molar-refractivity contribution in [2.24, 2.45) is 0 Å². The van der Waals surface area contributed by atoms with Crippen LogP contribution < -0.4 is 10.6 Å². The third-order valence-corrected chi connectivity index (χ3v) is 4.34. The van der Waals surface area contributed by atoms with E-state index in [1.807, 2.05) is 31.2 Å². The summed E-state index contributed by atoms with van der Waals surface area (Å²) in [6.07, 6.45) is 1.34. The smallest absolute Gasteiger partial charge is 0.234 e. The number of carbonyl (C=O) groups excluding carboxylic acids is 2. The van der Waals surface area contributed by atoms with E-state index in [0.29, 0.717) is 22.9 Å². The number of hydrogen-bond donors (Lipinski definition) is 2. The van der Waals surface area contributed by atoms with Crippen LogP contribution in [0, 0.1) is 0 Å². The topological polar surface area (TPSA) is 58.2 Å². The molecular weight excluding hydrogens is 344 g/mol. The molecule has 0 atom stereocenters. The average molecular weight is 363 g/mol. The molecule has 2 rings (SSSR count). The lowest BCUT2D eigenvalue weighted by molar-refractivity contribution is -0.116. The number of anilines is 2. The second-order valence-electron chi connectivity index (χ2n) is 5.17. The maximum absolute atomic E-state index is 11.9. The van der Waals surface area contributed by atoms with Crippen molar-refractivity contribution in [3.05, 3.63) is 53.6 Å². The maximum Gasteiger partial charge on any atom is 0.234 e. The van der Waals surface area contributed by atoms with Gasteiger partial charge in [0.15, 0.2) is 0 Å². The molecule has 2 N–H and O–H groups in total. The van der Waals surface area contributed by atoms with E-state index in [0.717, 1.165) is 17.0 Å². The molecule has 0 saturated carbocycles. The summed E-state index contributed by atoms with van der Waals surface area (Å²) in [7, 11) is 0. The fourth-order valence-corrected chi connectivity index (χ4v) is 2.89. The quantitative estimate of drug-likeness (QED) is 0.695. The number of nitrogens with one attached hydrogen (secondary N) is 2. The monoisotopic (exact) mass is 362 g/mol. The SMILES string of the molecule is CCCC(=O)Nc1ccc(SCC(=O)Nc2cccc(Cl)c2)cc1. The van der Waals surface area contributed by atoms with Gasteiger partial charge in [0, 0.05) is 27.7 Å². The van der Waals surface area contributed by atoms with Gasteiger partial charge in [-0.3, -0.25) is 9.59 Å². The second kappa shape index (κ2) is 9.35. The third kappa shape index (κ3) is 6.26. The molecule has 0 aliphatic heterocycles. The normalized spacial score (nSPS) is 10.2. The molecular formula is C18H19ClN2O2S. The largest absolute Gasteiger partial charge is 0.326 e. The number of amides is 2. The Kier molecular flexibility index (Phi) is 7.15. The lowest BCUT2D eigenvalue weighted by atomic mass is 10.3. The predicted octanol–water partition coefficient (Wildman–Crippen LogP) is 4.81. The molecule has 0 fully saturated rings. The minimum Gasteiger partial charge on any atom is -0.326 e. The highest BCUT2D eigenvalue weighted by molar-refractivity contribution is 8.00. The molecule has 0 heterocycles. The summed E-state index contributed by atoms with van der Waals surface area (Å²) in [5, 5.41) is 6.22. The van der Waals surface area contributed by atoms with Crippen molar-refractivity contribution in [1.82, 2.24) is 0 Å². The Balaban J connectivity index is 1.81. The van der Waals surface area contributed by atoms with Crippen molar-refractivity contribution in [2.45, 2.75) is 24.7 Å². The summed E-state index contributed by atoms with van der Waals surface area (Å²) < 4.78 is 0. The molecule has 0 spiro atoms. The van der Waals surface area contributed by atoms with Gasteiger partial charge < -0.3 is 10.6 Å². The van der Waals surface area contributed by atoms with Gasteiger partial charge >= 0.3 is 0 Å². The molecule has 126 valence electrons. The maximum atomic E-state index is 11.9. The van der Waals surface area contributed by atoms with Crippen molar-refractivity contribution in [3.8, 4) is 0 Å². The van der Waals surface area contributed by atoms with Crippen molar-refractivity contribution in [1.29, 1.82) is 0 Å². The molecule has 2 aromatic carbocycles. The number of hydrogen-bond acceptors (Lipinski definition) is 3. The van der Waals surface area contributed by atoms with Crippen LogP contribution in [-0.4, -0.2) is 17.6 Å². The molecule has 0 aromatic heterocycles. The number of rotatable bonds is 7. The summed E-state index contributed by atoms with van der Waals surface area (Å²) in [4.78, 5) is 24.4. The van der Waals surface area contributed by atoms with Gasteiger partial charge in [-0.25, -0.2) is 0 Å². The van der Waals surface area contributed by atoms with E-state index in [2.05, 4.69) is 10.6 Å². The fraction of sp³-hybridized carbons (Fsp3) is 0.222. The van der Waals surface area contributed by atoms with E-state index in [4.69, 9.17) is 11.6 Å². The Morgan fingerprint density at radius 2 is 1.71 bits per heavy atom. The van der Waals surface area contributed by atoms with Crippen molar-refractivity contribution < 1.29 is 9.59 Å². The van der Waals surface area contributed by atoms with Gasteiger partial charge in [-0.2, -0.15) is 0 Å². The number of thioether (sulfide) groups is 1.